The minimum Gasteiger partial charge on any atom is -0.346 e. The Morgan fingerprint density at radius 3 is 2.82 bits per heavy atom. The van der Waals surface area contributed by atoms with Crippen LogP contribution in [0.3, 0.4) is 0 Å². The summed E-state index contributed by atoms with van der Waals surface area (Å²) < 4.78 is 2.06. The lowest BCUT2D eigenvalue weighted by Crippen LogP contribution is -2.19. The van der Waals surface area contributed by atoms with Gasteiger partial charge in [0.05, 0.1) is 23.1 Å². The summed E-state index contributed by atoms with van der Waals surface area (Å²) in [5.41, 5.74) is 3.92. The van der Waals surface area contributed by atoms with Crippen LogP contribution >= 0.6 is 11.8 Å². The fraction of sp³-hybridized carbons (Fsp3) is 0.136. The number of aliphatic imine (C=N–C) groups is 1. The number of para-hydroxylation sites is 2. The SMILES string of the molecule is Cc1ccccc1N=C1NC(=O)/C(=C/c2cn(CCC#N)c3ccccc23)S1. The third-order valence-electron chi connectivity index (χ3n) is 4.56. The van der Waals surface area contributed by atoms with Crippen molar-refractivity contribution in [3.63, 3.8) is 0 Å². The number of thioether (sulfide) groups is 1. The number of hydrogen-bond donors (Lipinski definition) is 1. The molecule has 4 rings (SSSR count). The first-order valence-corrected chi connectivity index (χ1v) is 9.77. The summed E-state index contributed by atoms with van der Waals surface area (Å²) in [7, 11) is 0. The highest BCUT2D eigenvalue weighted by molar-refractivity contribution is 8.18. The van der Waals surface area contributed by atoms with Crippen LogP contribution in [0.15, 0.2) is 64.6 Å². The maximum Gasteiger partial charge on any atom is 0.264 e. The number of carbonyl (C=O) groups is 1. The summed E-state index contributed by atoms with van der Waals surface area (Å²) in [6.45, 7) is 2.62. The summed E-state index contributed by atoms with van der Waals surface area (Å²) in [5, 5.41) is 13.4. The molecular weight excluding hydrogens is 368 g/mol. The Kier molecular flexibility index (Phi) is 5.00. The molecule has 3 aromatic rings. The van der Waals surface area contributed by atoms with Gasteiger partial charge in [-0.05, 0) is 42.5 Å². The van der Waals surface area contributed by atoms with Crippen molar-refractivity contribution >= 4 is 45.5 Å². The average Bonchev–Trinajstić information content (AvgIpc) is 3.22. The lowest BCUT2D eigenvalue weighted by Gasteiger charge is -2.00. The molecule has 0 spiro atoms. The third kappa shape index (κ3) is 3.57. The first-order valence-electron chi connectivity index (χ1n) is 8.96. The fourth-order valence-corrected chi connectivity index (χ4v) is 3.99. The Bertz CT molecular complexity index is 1170. The lowest BCUT2D eigenvalue weighted by atomic mass is 10.1. The third-order valence-corrected chi connectivity index (χ3v) is 5.47. The van der Waals surface area contributed by atoms with E-state index in [-0.39, 0.29) is 5.91 Å². The maximum atomic E-state index is 12.4. The molecule has 2 aromatic carbocycles. The van der Waals surface area contributed by atoms with Crippen molar-refractivity contribution in [1.82, 2.24) is 9.88 Å². The fourth-order valence-electron chi connectivity index (χ4n) is 3.17. The van der Waals surface area contributed by atoms with Crippen LogP contribution < -0.4 is 5.32 Å². The number of fused-ring (bicyclic) bond motifs is 1. The standard InChI is InChI=1S/C22H18N4OS/c1-15-7-2-4-9-18(15)24-22-25-21(27)20(28-22)13-16-14-26(12-6-11-23)19-10-5-3-8-17(16)19/h2-5,7-10,13-14H,6,12H2,1H3,(H,24,25,27)/b20-13-. The molecule has 138 valence electrons. The highest BCUT2D eigenvalue weighted by Gasteiger charge is 2.24. The molecule has 6 heteroatoms. The van der Waals surface area contributed by atoms with Crippen molar-refractivity contribution in [2.24, 2.45) is 4.99 Å². The van der Waals surface area contributed by atoms with Gasteiger partial charge in [-0.3, -0.25) is 4.79 Å². The molecule has 0 saturated carbocycles. The molecule has 1 aliphatic heterocycles. The minimum atomic E-state index is -0.147. The van der Waals surface area contributed by atoms with Gasteiger partial charge in [-0.2, -0.15) is 5.26 Å². The molecular formula is C22H18N4OS. The molecule has 0 aliphatic carbocycles. The predicted molar refractivity (Wildman–Crippen MR) is 114 cm³/mol. The zero-order chi connectivity index (χ0) is 19.5. The lowest BCUT2D eigenvalue weighted by molar-refractivity contribution is -0.115. The smallest absolute Gasteiger partial charge is 0.264 e. The number of nitriles is 1. The van der Waals surface area contributed by atoms with Crippen LogP contribution in [0, 0.1) is 18.3 Å². The van der Waals surface area contributed by atoms with E-state index in [2.05, 4.69) is 20.9 Å². The van der Waals surface area contributed by atoms with Crippen LogP contribution in [-0.4, -0.2) is 15.6 Å². The van der Waals surface area contributed by atoms with Gasteiger partial charge in [0.2, 0.25) is 0 Å². The highest BCUT2D eigenvalue weighted by Crippen LogP contribution is 2.31. The van der Waals surface area contributed by atoms with Gasteiger partial charge in [-0.15, -0.1) is 0 Å². The summed E-state index contributed by atoms with van der Waals surface area (Å²) in [6.07, 6.45) is 4.34. The van der Waals surface area contributed by atoms with Crippen molar-refractivity contribution in [2.45, 2.75) is 19.9 Å². The van der Waals surface area contributed by atoms with Crippen molar-refractivity contribution in [3.05, 3.63) is 70.8 Å². The molecule has 0 radical (unpaired) electrons. The van der Waals surface area contributed by atoms with Crippen molar-refractivity contribution in [1.29, 1.82) is 5.26 Å². The predicted octanol–water partition coefficient (Wildman–Crippen LogP) is 4.76. The molecule has 1 aromatic heterocycles. The van der Waals surface area contributed by atoms with Gasteiger partial charge in [-0.25, -0.2) is 4.99 Å². The monoisotopic (exact) mass is 386 g/mol. The van der Waals surface area contributed by atoms with Crippen molar-refractivity contribution < 1.29 is 4.79 Å². The number of benzene rings is 2. The molecule has 1 saturated heterocycles. The molecule has 5 nitrogen and oxygen atoms in total. The Labute approximate surface area is 167 Å². The molecule has 0 atom stereocenters. The largest absolute Gasteiger partial charge is 0.346 e. The van der Waals surface area contributed by atoms with Gasteiger partial charge in [0.15, 0.2) is 5.17 Å². The zero-order valence-corrected chi connectivity index (χ0v) is 16.2. The van der Waals surface area contributed by atoms with E-state index in [0.717, 1.165) is 27.7 Å². The number of aryl methyl sites for hydroxylation is 2. The van der Waals surface area contributed by atoms with Gasteiger partial charge >= 0.3 is 0 Å². The van der Waals surface area contributed by atoms with E-state index in [4.69, 9.17) is 5.26 Å². The number of amides is 1. The number of nitrogens with one attached hydrogen (secondary N) is 1. The normalized spacial score (nSPS) is 16.6. The van der Waals surface area contributed by atoms with Crippen LogP contribution in [0.2, 0.25) is 0 Å². The van der Waals surface area contributed by atoms with Gasteiger partial charge in [0.1, 0.15) is 0 Å². The van der Waals surface area contributed by atoms with Crippen LogP contribution in [0.25, 0.3) is 17.0 Å². The van der Waals surface area contributed by atoms with Gasteiger partial charge in [-0.1, -0.05) is 36.4 Å². The van der Waals surface area contributed by atoms with Gasteiger partial charge < -0.3 is 9.88 Å². The Morgan fingerprint density at radius 2 is 2.00 bits per heavy atom. The van der Waals surface area contributed by atoms with E-state index in [1.54, 1.807) is 0 Å². The summed E-state index contributed by atoms with van der Waals surface area (Å²) in [5.74, 6) is -0.147. The number of carbonyl (C=O) groups excluding carboxylic acids is 1. The van der Waals surface area contributed by atoms with Crippen LogP contribution in [0.4, 0.5) is 5.69 Å². The molecule has 1 aliphatic rings. The van der Waals surface area contributed by atoms with Gasteiger partial charge in [0, 0.05) is 29.2 Å². The number of aromatic nitrogens is 1. The number of hydrogen-bond acceptors (Lipinski definition) is 4. The summed E-state index contributed by atoms with van der Waals surface area (Å²) >= 11 is 1.34. The zero-order valence-electron chi connectivity index (χ0n) is 15.3. The van der Waals surface area contributed by atoms with E-state index < -0.39 is 0 Å². The number of nitrogens with zero attached hydrogens (tertiary/aromatic N) is 3. The molecule has 2 heterocycles. The Morgan fingerprint density at radius 1 is 1.21 bits per heavy atom. The van der Waals surface area contributed by atoms with E-state index in [1.165, 1.54) is 11.8 Å². The van der Waals surface area contributed by atoms with Crippen LogP contribution in [-0.2, 0) is 11.3 Å². The first kappa shape index (κ1) is 18.1. The molecule has 0 bridgehead atoms. The maximum absolute atomic E-state index is 12.4. The van der Waals surface area contributed by atoms with Crippen molar-refractivity contribution in [2.75, 3.05) is 0 Å². The van der Waals surface area contributed by atoms with Crippen LogP contribution in [0.5, 0.6) is 0 Å². The van der Waals surface area contributed by atoms with E-state index in [0.29, 0.717) is 23.0 Å². The second-order valence-electron chi connectivity index (χ2n) is 6.47. The molecule has 1 fully saturated rings. The quantitative estimate of drug-likeness (QED) is 0.658. The van der Waals surface area contributed by atoms with Crippen LogP contribution in [0.1, 0.15) is 17.5 Å². The molecule has 0 unspecified atom stereocenters. The second-order valence-corrected chi connectivity index (χ2v) is 7.50. The first-order chi connectivity index (χ1) is 13.7. The molecule has 28 heavy (non-hydrogen) atoms. The van der Waals surface area contributed by atoms with Gasteiger partial charge in [0.25, 0.3) is 5.91 Å². The van der Waals surface area contributed by atoms with Crippen molar-refractivity contribution in [3.8, 4) is 6.07 Å². The van der Waals surface area contributed by atoms with E-state index >= 15 is 0 Å². The topological polar surface area (TPSA) is 70.2 Å². The summed E-state index contributed by atoms with van der Waals surface area (Å²) in [4.78, 5) is 17.6. The number of rotatable bonds is 4. The second kappa shape index (κ2) is 7.75. The summed E-state index contributed by atoms with van der Waals surface area (Å²) in [6, 6.07) is 18.0. The Hall–Kier alpha value is -3.30. The minimum absolute atomic E-state index is 0.147. The van der Waals surface area contributed by atoms with E-state index in [9.17, 15) is 4.79 Å². The molecule has 1 amide bonds. The average molecular weight is 386 g/mol. The number of amidine groups is 1. The van der Waals surface area contributed by atoms with E-state index in [1.807, 2.05) is 67.7 Å². The molecule has 1 N–H and O–H groups in total. The Balaban J connectivity index is 1.67. The highest BCUT2D eigenvalue weighted by atomic mass is 32.2.